The van der Waals surface area contributed by atoms with E-state index in [1.165, 1.54) is 31.4 Å². The molecule has 1 saturated carbocycles. The Labute approximate surface area is 114 Å². The van der Waals surface area contributed by atoms with E-state index < -0.39 is 0 Å². The SMILES string of the molecule is CN(C)C1(CNC(=O)c2cc3n(n2)CCCC3)CC1. The molecule has 1 aromatic rings. The van der Waals surface area contributed by atoms with E-state index in [1.54, 1.807) is 0 Å². The molecule has 5 heteroatoms. The number of carbonyl (C=O) groups is 1. The molecule has 1 N–H and O–H groups in total. The van der Waals surface area contributed by atoms with Gasteiger partial charge in [0, 0.05) is 24.3 Å². The number of fused-ring (bicyclic) bond motifs is 1. The van der Waals surface area contributed by atoms with Crippen molar-refractivity contribution in [1.29, 1.82) is 0 Å². The van der Waals surface area contributed by atoms with Gasteiger partial charge in [-0.3, -0.25) is 9.48 Å². The highest BCUT2D eigenvalue weighted by molar-refractivity contribution is 5.92. The van der Waals surface area contributed by atoms with E-state index in [1.807, 2.05) is 10.7 Å². The maximum atomic E-state index is 12.2. The van der Waals surface area contributed by atoms with Crippen LogP contribution in [-0.2, 0) is 13.0 Å². The number of nitrogens with zero attached hydrogens (tertiary/aromatic N) is 3. The molecule has 104 valence electrons. The molecule has 2 heterocycles. The third kappa shape index (κ3) is 2.39. The number of hydrogen-bond donors (Lipinski definition) is 1. The van der Waals surface area contributed by atoms with E-state index in [0.717, 1.165) is 19.5 Å². The molecule has 19 heavy (non-hydrogen) atoms. The van der Waals surface area contributed by atoms with Crippen LogP contribution < -0.4 is 5.32 Å². The average molecular weight is 262 g/mol. The molecular formula is C14H22N4O. The van der Waals surface area contributed by atoms with E-state index >= 15 is 0 Å². The van der Waals surface area contributed by atoms with Crippen LogP contribution >= 0.6 is 0 Å². The van der Waals surface area contributed by atoms with Crippen LogP contribution in [0.5, 0.6) is 0 Å². The molecule has 0 unspecified atom stereocenters. The first-order valence-corrected chi connectivity index (χ1v) is 7.13. The predicted molar refractivity (Wildman–Crippen MR) is 73.2 cm³/mol. The molecule has 2 aliphatic rings. The highest BCUT2D eigenvalue weighted by atomic mass is 16.2. The van der Waals surface area contributed by atoms with Crippen LogP contribution in [0.1, 0.15) is 41.9 Å². The van der Waals surface area contributed by atoms with Gasteiger partial charge in [-0.25, -0.2) is 0 Å². The second-order valence-electron chi connectivity index (χ2n) is 6.00. The van der Waals surface area contributed by atoms with Crippen LogP contribution in [-0.4, -0.2) is 46.8 Å². The number of hydrogen-bond acceptors (Lipinski definition) is 3. The Balaban J connectivity index is 1.63. The fraction of sp³-hybridized carbons (Fsp3) is 0.714. The third-order valence-corrected chi connectivity index (χ3v) is 4.50. The Morgan fingerprint density at radius 2 is 2.26 bits per heavy atom. The molecular weight excluding hydrogens is 240 g/mol. The Bertz CT molecular complexity index is 464. The molecule has 0 atom stereocenters. The zero-order chi connectivity index (χ0) is 13.5. The number of aryl methyl sites for hydroxylation is 2. The summed E-state index contributed by atoms with van der Waals surface area (Å²) in [6.07, 6.45) is 5.75. The molecule has 0 spiro atoms. The van der Waals surface area contributed by atoms with Crippen molar-refractivity contribution in [3.8, 4) is 0 Å². The van der Waals surface area contributed by atoms with Crippen molar-refractivity contribution in [2.24, 2.45) is 0 Å². The van der Waals surface area contributed by atoms with E-state index in [-0.39, 0.29) is 11.4 Å². The summed E-state index contributed by atoms with van der Waals surface area (Å²) in [5, 5.41) is 7.44. The second kappa shape index (κ2) is 4.63. The largest absolute Gasteiger partial charge is 0.349 e. The van der Waals surface area contributed by atoms with Gasteiger partial charge >= 0.3 is 0 Å². The number of nitrogens with one attached hydrogen (secondary N) is 1. The molecule has 3 rings (SSSR count). The predicted octanol–water partition coefficient (Wildman–Crippen LogP) is 1.04. The Hall–Kier alpha value is -1.36. The summed E-state index contributed by atoms with van der Waals surface area (Å²) in [5.74, 6) is -0.0324. The number of amides is 1. The van der Waals surface area contributed by atoms with Crippen LogP contribution in [0.15, 0.2) is 6.07 Å². The number of aromatic nitrogens is 2. The molecule has 1 aromatic heterocycles. The molecule has 1 aliphatic carbocycles. The monoisotopic (exact) mass is 262 g/mol. The lowest BCUT2D eigenvalue weighted by molar-refractivity contribution is 0.0932. The van der Waals surface area contributed by atoms with Crippen molar-refractivity contribution >= 4 is 5.91 Å². The highest BCUT2D eigenvalue weighted by Crippen LogP contribution is 2.39. The lowest BCUT2D eigenvalue weighted by atomic mass is 10.1. The molecule has 5 nitrogen and oxygen atoms in total. The van der Waals surface area contributed by atoms with Gasteiger partial charge in [0.05, 0.1) is 0 Å². The summed E-state index contributed by atoms with van der Waals surface area (Å²) in [6.45, 7) is 1.67. The number of rotatable bonds is 4. The van der Waals surface area contributed by atoms with E-state index in [4.69, 9.17) is 0 Å². The minimum atomic E-state index is -0.0324. The smallest absolute Gasteiger partial charge is 0.271 e. The summed E-state index contributed by atoms with van der Waals surface area (Å²) >= 11 is 0. The molecule has 0 radical (unpaired) electrons. The zero-order valence-corrected chi connectivity index (χ0v) is 11.8. The Morgan fingerprint density at radius 1 is 1.47 bits per heavy atom. The summed E-state index contributed by atoms with van der Waals surface area (Å²) in [6, 6.07) is 1.95. The van der Waals surface area contributed by atoms with Crippen molar-refractivity contribution < 1.29 is 4.79 Å². The fourth-order valence-electron chi connectivity index (χ4n) is 2.79. The topological polar surface area (TPSA) is 50.2 Å². The average Bonchev–Trinajstić information content (AvgIpc) is 3.07. The Kier molecular flexibility index (Phi) is 3.09. The fourth-order valence-corrected chi connectivity index (χ4v) is 2.79. The van der Waals surface area contributed by atoms with Crippen molar-refractivity contribution in [3.63, 3.8) is 0 Å². The lowest BCUT2D eigenvalue weighted by Crippen LogP contribution is -2.42. The van der Waals surface area contributed by atoms with Crippen LogP contribution in [0.25, 0.3) is 0 Å². The first-order valence-electron chi connectivity index (χ1n) is 7.13. The molecule has 0 bridgehead atoms. The normalized spacial score (nSPS) is 20.2. The van der Waals surface area contributed by atoms with Gasteiger partial charge in [-0.15, -0.1) is 0 Å². The lowest BCUT2D eigenvalue weighted by Gasteiger charge is -2.23. The van der Waals surface area contributed by atoms with Gasteiger partial charge in [-0.1, -0.05) is 0 Å². The maximum absolute atomic E-state index is 12.2. The van der Waals surface area contributed by atoms with Crippen LogP contribution in [0, 0.1) is 0 Å². The molecule has 1 amide bonds. The van der Waals surface area contributed by atoms with Crippen molar-refractivity contribution in [2.75, 3.05) is 20.6 Å². The molecule has 1 fully saturated rings. The van der Waals surface area contributed by atoms with Crippen molar-refractivity contribution in [1.82, 2.24) is 20.0 Å². The van der Waals surface area contributed by atoms with Crippen LogP contribution in [0.3, 0.4) is 0 Å². The maximum Gasteiger partial charge on any atom is 0.271 e. The minimum Gasteiger partial charge on any atom is -0.349 e. The molecule has 1 aliphatic heterocycles. The first-order chi connectivity index (χ1) is 9.11. The summed E-state index contributed by atoms with van der Waals surface area (Å²) in [4.78, 5) is 14.4. The zero-order valence-electron chi connectivity index (χ0n) is 11.8. The summed E-state index contributed by atoms with van der Waals surface area (Å²) in [5.41, 5.74) is 1.96. The van der Waals surface area contributed by atoms with Crippen LogP contribution in [0.4, 0.5) is 0 Å². The minimum absolute atomic E-state index is 0.0324. The quantitative estimate of drug-likeness (QED) is 0.882. The standard InChI is InChI=1S/C14H22N4O/c1-17(2)14(6-7-14)10-15-13(19)12-9-11-5-3-4-8-18(11)16-12/h9H,3-8,10H2,1-2H3,(H,15,19). The van der Waals surface area contributed by atoms with E-state index in [9.17, 15) is 4.79 Å². The highest BCUT2D eigenvalue weighted by Gasteiger charge is 2.44. The first kappa shape index (κ1) is 12.7. The van der Waals surface area contributed by atoms with E-state index in [2.05, 4.69) is 29.4 Å². The third-order valence-electron chi connectivity index (χ3n) is 4.50. The van der Waals surface area contributed by atoms with Gasteiger partial charge in [0.2, 0.25) is 0 Å². The van der Waals surface area contributed by atoms with Gasteiger partial charge in [0.15, 0.2) is 0 Å². The Morgan fingerprint density at radius 3 is 2.89 bits per heavy atom. The summed E-state index contributed by atoms with van der Waals surface area (Å²) in [7, 11) is 4.16. The van der Waals surface area contributed by atoms with E-state index in [0.29, 0.717) is 5.69 Å². The second-order valence-corrected chi connectivity index (χ2v) is 6.00. The van der Waals surface area contributed by atoms with Crippen LogP contribution in [0.2, 0.25) is 0 Å². The number of likely N-dealkylation sites (N-methyl/N-ethyl adjacent to an activating group) is 1. The summed E-state index contributed by atoms with van der Waals surface area (Å²) < 4.78 is 1.98. The van der Waals surface area contributed by atoms with Crippen molar-refractivity contribution in [2.45, 2.75) is 44.2 Å². The van der Waals surface area contributed by atoms with Gasteiger partial charge < -0.3 is 10.2 Å². The molecule has 0 aromatic carbocycles. The van der Waals surface area contributed by atoms with Crippen molar-refractivity contribution in [3.05, 3.63) is 17.5 Å². The number of carbonyl (C=O) groups excluding carboxylic acids is 1. The van der Waals surface area contributed by atoms with Gasteiger partial charge in [-0.2, -0.15) is 5.10 Å². The van der Waals surface area contributed by atoms with Gasteiger partial charge in [0.25, 0.3) is 5.91 Å². The van der Waals surface area contributed by atoms with Gasteiger partial charge in [-0.05, 0) is 52.3 Å². The molecule has 0 saturated heterocycles. The van der Waals surface area contributed by atoms with Gasteiger partial charge in [0.1, 0.15) is 5.69 Å².